The summed E-state index contributed by atoms with van der Waals surface area (Å²) in [7, 11) is 0. The lowest BCUT2D eigenvalue weighted by atomic mass is 9.74. The van der Waals surface area contributed by atoms with Crippen LogP contribution in [0.1, 0.15) is 33.4 Å². The monoisotopic (exact) mass is 968 g/mol. The van der Waals surface area contributed by atoms with Crippen molar-refractivity contribution in [3.8, 4) is 0 Å². The van der Waals surface area contributed by atoms with Crippen molar-refractivity contribution in [2.45, 2.75) is 94.8 Å². The molecule has 3 saturated heterocycles. The maximum absolute atomic E-state index is 7.62. The zero-order valence-corrected chi connectivity index (χ0v) is 40.1. The highest BCUT2D eigenvalue weighted by atomic mass is 32.2. The van der Waals surface area contributed by atoms with Gasteiger partial charge < -0.3 is 46.8 Å². The number of thiocarbonyl (C=S) groups is 1. The van der Waals surface area contributed by atoms with Gasteiger partial charge in [-0.3, -0.25) is 0 Å². The SMILES string of the molecule is S=COSCC([C@H]1[C@H](OCc2ccccc2)[C@@H]2OC[C@@H](O2)[C@H]1OCc1ccccc1)[C@H]1O[C@H](COCc2ccccc2)[C@@H](OCc2ccccc2)[C@@H](OCc2ccccc2)[C@H]1OCc1ccccc1. The molecular formula is C57H60O10S2. The summed E-state index contributed by atoms with van der Waals surface area (Å²) < 4.78 is 68.9. The van der Waals surface area contributed by atoms with Gasteiger partial charge in [0.25, 0.3) is 0 Å². The van der Waals surface area contributed by atoms with Crippen molar-refractivity contribution in [1.82, 2.24) is 0 Å². The summed E-state index contributed by atoms with van der Waals surface area (Å²) in [5.41, 5.74) is 7.44. The van der Waals surface area contributed by atoms with Crippen LogP contribution < -0.4 is 0 Å². The van der Waals surface area contributed by atoms with Gasteiger partial charge in [0, 0.05) is 17.6 Å². The van der Waals surface area contributed by atoms with E-state index in [1.165, 1.54) is 17.6 Å². The van der Waals surface area contributed by atoms with Crippen LogP contribution in [0.2, 0.25) is 0 Å². The number of hydrogen-bond donors (Lipinski definition) is 0. The third-order valence-corrected chi connectivity index (χ3v) is 13.9. The van der Waals surface area contributed by atoms with Gasteiger partial charge in [0.1, 0.15) is 36.6 Å². The fourth-order valence-electron chi connectivity index (χ4n) is 9.57. The van der Waals surface area contributed by atoms with Crippen molar-refractivity contribution in [2.24, 2.45) is 11.8 Å². The van der Waals surface area contributed by atoms with Gasteiger partial charge in [-0.1, -0.05) is 182 Å². The van der Waals surface area contributed by atoms with Crippen LogP contribution in [0.25, 0.3) is 0 Å². The zero-order valence-electron chi connectivity index (χ0n) is 38.5. The summed E-state index contributed by atoms with van der Waals surface area (Å²) in [5, 5.41) is 0. The smallest absolute Gasteiger partial charge is 0.184 e. The summed E-state index contributed by atoms with van der Waals surface area (Å²) in [6, 6.07) is 61.0. The van der Waals surface area contributed by atoms with Crippen LogP contribution in [-0.2, 0) is 86.5 Å². The fraction of sp³-hybridized carbons (Fsp3) is 0.351. The van der Waals surface area contributed by atoms with E-state index < -0.39 is 54.9 Å². The van der Waals surface area contributed by atoms with E-state index in [9.17, 15) is 0 Å². The Labute approximate surface area is 415 Å². The highest BCUT2D eigenvalue weighted by molar-refractivity contribution is 7.95. The van der Waals surface area contributed by atoms with Crippen LogP contribution in [0.15, 0.2) is 182 Å². The third-order valence-electron chi connectivity index (χ3n) is 12.9. The minimum atomic E-state index is -0.691. The molecule has 0 saturated carbocycles. The first-order valence-corrected chi connectivity index (χ1v) is 25.1. The Morgan fingerprint density at radius 2 is 0.884 bits per heavy atom. The quantitative estimate of drug-likeness (QED) is 0.0311. The Morgan fingerprint density at radius 3 is 1.35 bits per heavy atom. The number of rotatable bonds is 25. The lowest BCUT2D eigenvalue weighted by Crippen LogP contribution is -2.66. The second kappa shape index (κ2) is 25.9. The van der Waals surface area contributed by atoms with Gasteiger partial charge in [-0.25, -0.2) is 0 Å². The molecule has 0 radical (unpaired) electrons. The molecule has 0 spiro atoms. The van der Waals surface area contributed by atoms with E-state index in [2.05, 4.69) is 72.8 Å². The van der Waals surface area contributed by atoms with Crippen molar-refractivity contribution in [3.63, 3.8) is 0 Å². The largest absolute Gasteiger partial charge is 0.422 e. The Bertz CT molecular complexity index is 2320. The lowest BCUT2D eigenvalue weighted by Gasteiger charge is -2.52. The van der Waals surface area contributed by atoms with Gasteiger partial charge in [0.15, 0.2) is 11.8 Å². The molecule has 11 atom stereocenters. The Kier molecular flexibility index (Phi) is 18.5. The Hall–Kier alpha value is -4.80. The number of hydrogen-bond acceptors (Lipinski definition) is 12. The molecular weight excluding hydrogens is 909 g/mol. The van der Waals surface area contributed by atoms with Crippen molar-refractivity contribution in [3.05, 3.63) is 215 Å². The number of ether oxygens (including phenoxy) is 9. The van der Waals surface area contributed by atoms with E-state index in [1.807, 2.05) is 109 Å². The molecule has 12 heteroatoms. The number of benzene rings is 6. The Morgan fingerprint density at radius 1 is 0.478 bits per heavy atom. The minimum Gasteiger partial charge on any atom is -0.422 e. The first kappa shape index (κ1) is 49.2. The van der Waals surface area contributed by atoms with Crippen molar-refractivity contribution >= 4 is 29.8 Å². The second-order valence-corrected chi connectivity index (χ2v) is 18.5. The maximum Gasteiger partial charge on any atom is 0.184 e. The molecule has 3 aliphatic heterocycles. The first-order valence-electron chi connectivity index (χ1n) is 23.7. The molecule has 0 N–H and O–H groups in total. The molecule has 6 aromatic carbocycles. The molecule has 69 heavy (non-hydrogen) atoms. The van der Waals surface area contributed by atoms with Crippen molar-refractivity contribution < 1.29 is 46.8 Å². The van der Waals surface area contributed by atoms with E-state index in [0.29, 0.717) is 45.4 Å². The molecule has 3 fully saturated rings. The molecule has 0 amide bonds. The van der Waals surface area contributed by atoms with Crippen LogP contribution in [0.4, 0.5) is 0 Å². The molecule has 0 aromatic heterocycles. The predicted octanol–water partition coefficient (Wildman–Crippen LogP) is 10.5. The van der Waals surface area contributed by atoms with E-state index in [4.69, 9.17) is 59.0 Å². The first-order chi connectivity index (χ1) is 34.2. The van der Waals surface area contributed by atoms with E-state index in [0.717, 1.165) is 33.4 Å². The molecule has 3 aliphatic rings. The normalized spacial score (nSPS) is 25.7. The zero-order chi connectivity index (χ0) is 46.9. The van der Waals surface area contributed by atoms with Gasteiger partial charge in [-0.15, -0.1) is 0 Å². The molecule has 6 aromatic rings. The van der Waals surface area contributed by atoms with Crippen molar-refractivity contribution in [1.29, 1.82) is 0 Å². The van der Waals surface area contributed by atoms with Gasteiger partial charge in [0.2, 0.25) is 0 Å². The summed E-state index contributed by atoms with van der Waals surface area (Å²) >= 11 is 6.51. The van der Waals surface area contributed by atoms with Gasteiger partial charge in [-0.05, 0) is 45.6 Å². The summed E-state index contributed by atoms with van der Waals surface area (Å²) in [6.07, 6.45) is -5.38. The molecule has 2 bridgehead atoms. The molecule has 3 heterocycles. The van der Waals surface area contributed by atoms with E-state index in [-0.39, 0.29) is 25.2 Å². The molecule has 360 valence electrons. The molecule has 9 rings (SSSR count). The van der Waals surface area contributed by atoms with Crippen LogP contribution in [-0.4, -0.2) is 79.6 Å². The summed E-state index contributed by atoms with van der Waals surface area (Å²) in [6.45, 7) is 2.52. The number of fused-ring (bicyclic) bond motifs is 2. The van der Waals surface area contributed by atoms with Crippen LogP contribution in [0, 0.1) is 11.8 Å². The molecule has 10 nitrogen and oxygen atoms in total. The highest BCUT2D eigenvalue weighted by Crippen LogP contribution is 2.46. The average Bonchev–Trinajstić information content (AvgIpc) is 3.84. The molecule has 1 unspecified atom stereocenters. The van der Waals surface area contributed by atoms with E-state index in [1.54, 1.807) is 0 Å². The van der Waals surface area contributed by atoms with Crippen LogP contribution in [0.3, 0.4) is 0 Å². The molecule has 0 aliphatic carbocycles. The van der Waals surface area contributed by atoms with Gasteiger partial charge in [0.05, 0.1) is 77.1 Å². The second-order valence-electron chi connectivity index (χ2n) is 17.5. The maximum atomic E-state index is 7.62. The summed E-state index contributed by atoms with van der Waals surface area (Å²) in [4.78, 5) is 0. The minimum absolute atomic E-state index is 0.210. The highest BCUT2D eigenvalue weighted by Gasteiger charge is 2.59. The van der Waals surface area contributed by atoms with Gasteiger partial charge >= 0.3 is 0 Å². The van der Waals surface area contributed by atoms with Crippen LogP contribution >= 0.6 is 24.3 Å². The van der Waals surface area contributed by atoms with E-state index >= 15 is 0 Å². The predicted molar refractivity (Wildman–Crippen MR) is 269 cm³/mol. The lowest BCUT2D eigenvalue weighted by molar-refractivity contribution is -0.299. The van der Waals surface area contributed by atoms with Crippen LogP contribution in [0.5, 0.6) is 0 Å². The topological polar surface area (TPSA) is 92.3 Å². The summed E-state index contributed by atoms with van der Waals surface area (Å²) in [5.74, 6) is -0.347. The fourth-order valence-corrected chi connectivity index (χ4v) is 10.4. The average molecular weight is 969 g/mol. The van der Waals surface area contributed by atoms with Crippen molar-refractivity contribution in [2.75, 3.05) is 19.0 Å². The Balaban J connectivity index is 1.15. The third kappa shape index (κ3) is 13.5. The van der Waals surface area contributed by atoms with Gasteiger partial charge in [-0.2, -0.15) is 0 Å². The standard InChI is InChI=1S/C57H60O10S2/c68-40-65-69-39-47(50-52(59-32-42-21-9-2-10-22-42)49-38-64-57(67-49)54(50)61-34-44-25-13-4-14-26-44)51-55(62-35-45-27-15-5-16-28-45)56(63-36-46-29-17-6-18-30-46)53(60-33-43-23-11-3-12-24-43)48(66-51)37-58-31-41-19-7-1-8-20-41/h1-30,40,47-57H,31-39H2/t47?,48-,49-,50-,51-,52-,53-,54+,55+,56-,57-/m1/s1.